The van der Waals surface area contributed by atoms with Crippen molar-refractivity contribution in [2.75, 3.05) is 17.8 Å². The first kappa shape index (κ1) is 24.9. The number of hydrogen-bond donors (Lipinski definition) is 2. The maximum absolute atomic E-state index is 13.1. The van der Waals surface area contributed by atoms with Crippen molar-refractivity contribution in [3.8, 4) is 0 Å². The molecular formula is C28H33N3O3S. The number of nitrogens with one attached hydrogen (secondary N) is 2. The zero-order valence-electron chi connectivity index (χ0n) is 20.6. The molecular weight excluding hydrogens is 458 g/mol. The van der Waals surface area contributed by atoms with Crippen molar-refractivity contribution in [2.45, 2.75) is 51.6 Å². The average molecular weight is 492 g/mol. The third-order valence-electron chi connectivity index (χ3n) is 6.46. The molecule has 2 N–H and O–H groups in total. The SMILES string of the molecule is Cc1ccc(C)c(NS(=O)(=O)c2cc(C(=O)NCc3ccc(CN4CCCC4)cc3)ccc2C)c1. The van der Waals surface area contributed by atoms with E-state index in [4.69, 9.17) is 0 Å². The van der Waals surface area contributed by atoms with Crippen LogP contribution in [0.15, 0.2) is 65.6 Å². The number of benzene rings is 3. The monoisotopic (exact) mass is 491 g/mol. The molecule has 4 rings (SSSR count). The van der Waals surface area contributed by atoms with Gasteiger partial charge in [-0.05, 0) is 92.7 Å². The van der Waals surface area contributed by atoms with Crippen molar-refractivity contribution in [2.24, 2.45) is 0 Å². The lowest BCUT2D eigenvalue weighted by atomic mass is 10.1. The summed E-state index contributed by atoms with van der Waals surface area (Å²) < 4.78 is 29.0. The van der Waals surface area contributed by atoms with E-state index >= 15 is 0 Å². The molecule has 1 amide bonds. The van der Waals surface area contributed by atoms with Crippen molar-refractivity contribution >= 4 is 21.6 Å². The fourth-order valence-corrected chi connectivity index (χ4v) is 5.72. The van der Waals surface area contributed by atoms with E-state index in [0.29, 0.717) is 23.4 Å². The predicted octanol–water partition coefficient (Wildman–Crippen LogP) is 4.94. The Bertz CT molecular complexity index is 1310. The number of carbonyl (C=O) groups is 1. The van der Waals surface area contributed by atoms with Crippen molar-refractivity contribution in [3.05, 3.63) is 94.0 Å². The first-order valence-corrected chi connectivity index (χ1v) is 13.5. The third-order valence-corrected chi connectivity index (χ3v) is 7.97. The summed E-state index contributed by atoms with van der Waals surface area (Å²) in [5.74, 6) is -0.311. The lowest BCUT2D eigenvalue weighted by Crippen LogP contribution is -2.24. The van der Waals surface area contributed by atoms with E-state index in [1.165, 1.54) is 24.5 Å². The van der Waals surface area contributed by atoms with Gasteiger partial charge in [0.25, 0.3) is 15.9 Å². The van der Waals surface area contributed by atoms with Gasteiger partial charge < -0.3 is 5.32 Å². The maximum atomic E-state index is 13.1. The minimum Gasteiger partial charge on any atom is -0.348 e. The highest BCUT2D eigenvalue weighted by atomic mass is 32.2. The Morgan fingerprint density at radius 1 is 0.857 bits per heavy atom. The van der Waals surface area contributed by atoms with Gasteiger partial charge in [-0.2, -0.15) is 0 Å². The standard InChI is InChI=1S/C28H33N3O3S/c1-20-6-7-21(2)26(16-20)30-35(33,34)27-17-25(13-8-22(27)3)28(32)29-18-23-9-11-24(12-10-23)19-31-14-4-5-15-31/h6-13,16-17,30H,4-5,14-15,18-19H2,1-3H3,(H,29,32). The number of carbonyl (C=O) groups excluding carboxylic acids is 1. The Kier molecular flexibility index (Phi) is 7.57. The van der Waals surface area contributed by atoms with Crippen LogP contribution in [0.1, 0.15) is 51.0 Å². The number of rotatable bonds is 8. The van der Waals surface area contributed by atoms with Gasteiger partial charge in [-0.15, -0.1) is 0 Å². The molecule has 1 heterocycles. The molecule has 35 heavy (non-hydrogen) atoms. The normalized spacial score (nSPS) is 14.1. The molecule has 0 saturated carbocycles. The van der Waals surface area contributed by atoms with Crippen LogP contribution in [-0.2, 0) is 23.1 Å². The first-order valence-electron chi connectivity index (χ1n) is 12.0. The predicted molar refractivity (Wildman–Crippen MR) is 140 cm³/mol. The first-order chi connectivity index (χ1) is 16.7. The minimum atomic E-state index is -3.86. The second kappa shape index (κ2) is 10.6. The molecule has 3 aromatic rings. The molecule has 0 unspecified atom stereocenters. The summed E-state index contributed by atoms with van der Waals surface area (Å²) in [6.07, 6.45) is 2.54. The molecule has 1 saturated heterocycles. The van der Waals surface area contributed by atoms with E-state index < -0.39 is 10.0 Å². The van der Waals surface area contributed by atoms with Crippen LogP contribution in [0.5, 0.6) is 0 Å². The van der Waals surface area contributed by atoms with Crippen molar-refractivity contribution in [1.82, 2.24) is 10.2 Å². The van der Waals surface area contributed by atoms with E-state index in [-0.39, 0.29) is 10.8 Å². The zero-order chi connectivity index (χ0) is 25.0. The lowest BCUT2D eigenvalue weighted by molar-refractivity contribution is 0.0950. The zero-order valence-corrected chi connectivity index (χ0v) is 21.4. The molecule has 1 fully saturated rings. The largest absolute Gasteiger partial charge is 0.348 e. The topological polar surface area (TPSA) is 78.5 Å². The number of sulfonamides is 1. The van der Waals surface area contributed by atoms with Gasteiger partial charge in [-0.3, -0.25) is 14.4 Å². The molecule has 6 nitrogen and oxygen atoms in total. The molecule has 0 bridgehead atoms. The van der Waals surface area contributed by atoms with Crippen LogP contribution in [0.4, 0.5) is 5.69 Å². The molecule has 0 radical (unpaired) electrons. The van der Waals surface area contributed by atoms with E-state index in [0.717, 1.165) is 36.3 Å². The Morgan fingerprint density at radius 2 is 1.51 bits per heavy atom. The number of aryl methyl sites for hydroxylation is 3. The summed E-state index contributed by atoms with van der Waals surface area (Å²) in [7, 11) is -3.86. The summed E-state index contributed by atoms with van der Waals surface area (Å²) >= 11 is 0. The number of amides is 1. The average Bonchev–Trinajstić information content (AvgIpc) is 3.34. The second-order valence-corrected chi connectivity index (χ2v) is 11.0. The highest BCUT2D eigenvalue weighted by molar-refractivity contribution is 7.92. The Hall–Kier alpha value is -3.16. The number of hydrogen-bond acceptors (Lipinski definition) is 4. The van der Waals surface area contributed by atoms with E-state index in [2.05, 4.69) is 27.1 Å². The van der Waals surface area contributed by atoms with Gasteiger partial charge in [0.2, 0.25) is 0 Å². The second-order valence-electron chi connectivity index (χ2n) is 9.39. The van der Waals surface area contributed by atoms with Crippen molar-refractivity contribution in [1.29, 1.82) is 0 Å². The molecule has 3 aromatic carbocycles. The van der Waals surface area contributed by atoms with Gasteiger partial charge in [0.05, 0.1) is 10.6 Å². The van der Waals surface area contributed by atoms with Crippen molar-refractivity contribution < 1.29 is 13.2 Å². The molecule has 0 spiro atoms. The van der Waals surface area contributed by atoms with E-state index in [1.54, 1.807) is 25.1 Å². The lowest BCUT2D eigenvalue weighted by Gasteiger charge is -2.15. The van der Waals surface area contributed by atoms with Gasteiger partial charge in [0, 0.05) is 18.7 Å². The Balaban J connectivity index is 1.43. The fraction of sp³-hybridized carbons (Fsp3) is 0.321. The highest BCUT2D eigenvalue weighted by Gasteiger charge is 2.20. The summed E-state index contributed by atoms with van der Waals surface area (Å²) in [4.78, 5) is 15.4. The minimum absolute atomic E-state index is 0.0947. The molecule has 0 atom stereocenters. The summed E-state index contributed by atoms with van der Waals surface area (Å²) in [6, 6.07) is 18.7. The van der Waals surface area contributed by atoms with Gasteiger partial charge >= 0.3 is 0 Å². The van der Waals surface area contributed by atoms with Gasteiger partial charge in [-0.25, -0.2) is 8.42 Å². The molecule has 7 heteroatoms. The Labute approximate surface area is 208 Å². The molecule has 0 aromatic heterocycles. The van der Waals surface area contributed by atoms with Crippen LogP contribution in [0, 0.1) is 20.8 Å². The van der Waals surface area contributed by atoms with Crippen LogP contribution >= 0.6 is 0 Å². The molecule has 1 aliphatic heterocycles. The quantitative estimate of drug-likeness (QED) is 0.468. The molecule has 0 aliphatic carbocycles. The smallest absolute Gasteiger partial charge is 0.262 e. The van der Waals surface area contributed by atoms with Crippen LogP contribution in [-0.4, -0.2) is 32.3 Å². The third kappa shape index (κ3) is 6.29. The fourth-order valence-electron chi connectivity index (χ4n) is 4.32. The maximum Gasteiger partial charge on any atom is 0.262 e. The van der Waals surface area contributed by atoms with Gasteiger partial charge in [-0.1, -0.05) is 42.5 Å². The summed E-state index contributed by atoms with van der Waals surface area (Å²) in [6.45, 7) is 9.14. The van der Waals surface area contributed by atoms with Crippen LogP contribution in [0.25, 0.3) is 0 Å². The number of anilines is 1. The van der Waals surface area contributed by atoms with E-state index in [1.807, 2.05) is 38.1 Å². The van der Waals surface area contributed by atoms with Crippen molar-refractivity contribution in [3.63, 3.8) is 0 Å². The van der Waals surface area contributed by atoms with Gasteiger partial charge in [0.1, 0.15) is 0 Å². The molecule has 184 valence electrons. The van der Waals surface area contributed by atoms with Crippen LogP contribution in [0.3, 0.4) is 0 Å². The van der Waals surface area contributed by atoms with E-state index in [9.17, 15) is 13.2 Å². The summed E-state index contributed by atoms with van der Waals surface area (Å²) in [5.41, 5.74) is 5.48. The van der Waals surface area contributed by atoms with Crippen LogP contribution in [0.2, 0.25) is 0 Å². The molecule has 1 aliphatic rings. The number of likely N-dealkylation sites (tertiary alicyclic amines) is 1. The van der Waals surface area contributed by atoms with Crippen LogP contribution < -0.4 is 10.0 Å². The highest BCUT2D eigenvalue weighted by Crippen LogP contribution is 2.24. The Morgan fingerprint density at radius 3 is 2.23 bits per heavy atom. The van der Waals surface area contributed by atoms with Gasteiger partial charge in [0.15, 0.2) is 0 Å². The summed E-state index contributed by atoms with van der Waals surface area (Å²) in [5, 5.41) is 2.91. The number of nitrogens with zero attached hydrogens (tertiary/aromatic N) is 1.